The molecule has 1 heterocycles. The van der Waals surface area contributed by atoms with Crippen molar-refractivity contribution in [1.82, 2.24) is 0 Å². The number of rotatable bonds is 5. The largest absolute Gasteiger partial charge is 0.497 e. The SMILES string of the molecule is COc1ccc(NC(=O)COc2cccc3c2OC(C)(C)C3)cc1. The number of para-hydroxylation sites is 1. The van der Waals surface area contributed by atoms with Crippen LogP contribution >= 0.6 is 0 Å². The van der Waals surface area contributed by atoms with Crippen molar-refractivity contribution < 1.29 is 19.0 Å². The van der Waals surface area contributed by atoms with Gasteiger partial charge in [0, 0.05) is 17.7 Å². The third-order valence-electron chi connectivity index (χ3n) is 3.79. The molecule has 0 unspecified atom stereocenters. The Morgan fingerprint density at radius 1 is 1.21 bits per heavy atom. The minimum Gasteiger partial charge on any atom is -0.497 e. The van der Waals surface area contributed by atoms with Crippen LogP contribution in [0.5, 0.6) is 17.2 Å². The molecule has 0 atom stereocenters. The van der Waals surface area contributed by atoms with E-state index in [-0.39, 0.29) is 18.1 Å². The number of carbonyl (C=O) groups is 1. The van der Waals surface area contributed by atoms with Gasteiger partial charge in [-0.1, -0.05) is 12.1 Å². The van der Waals surface area contributed by atoms with Crippen LogP contribution in [0.25, 0.3) is 0 Å². The summed E-state index contributed by atoms with van der Waals surface area (Å²) in [6.45, 7) is 3.99. The van der Waals surface area contributed by atoms with Crippen LogP contribution in [0.1, 0.15) is 19.4 Å². The topological polar surface area (TPSA) is 56.8 Å². The molecule has 0 saturated carbocycles. The van der Waals surface area contributed by atoms with Gasteiger partial charge in [-0.25, -0.2) is 0 Å². The Balaban J connectivity index is 1.60. The van der Waals surface area contributed by atoms with Gasteiger partial charge in [0.1, 0.15) is 11.4 Å². The summed E-state index contributed by atoms with van der Waals surface area (Å²) < 4.78 is 16.7. The average molecular weight is 327 g/mol. The fourth-order valence-electron chi connectivity index (χ4n) is 2.72. The highest BCUT2D eigenvalue weighted by Crippen LogP contribution is 2.41. The van der Waals surface area contributed by atoms with Crippen molar-refractivity contribution in [3.8, 4) is 17.2 Å². The van der Waals surface area contributed by atoms with Crippen molar-refractivity contribution in [2.45, 2.75) is 25.9 Å². The van der Waals surface area contributed by atoms with Crippen LogP contribution in [-0.2, 0) is 11.2 Å². The van der Waals surface area contributed by atoms with Gasteiger partial charge in [-0.3, -0.25) is 4.79 Å². The lowest BCUT2D eigenvalue weighted by molar-refractivity contribution is -0.118. The predicted octanol–water partition coefficient (Wildman–Crippen LogP) is 3.43. The van der Waals surface area contributed by atoms with Crippen molar-refractivity contribution in [3.05, 3.63) is 48.0 Å². The monoisotopic (exact) mass is 327 g/mol. The smallest absolute Gasteiger partial charge is 0.262 e. The molecular formula is C19H21NO4. The fraction of sp³-hybridized carbons (Fsp3) is 0.316. The minimum atomic E-state index is -0.243. The molecule has 2 aromatic carbocycles. The maximum Gasteiger partial charge on any atom is 0.262 e. The first-order valence-corrected chi connectivity index (χ1v) is 7.84. The van der Waals surface area contributed by atoms with Crippen molar-refractivity contribution >= 4 is 11.6 Å². The van der Waals surface area contributed by atoms with Crippen LogP contribution in [0.2, 0.25) is 0 Å². The van der Waals surface area contributed by atoms with E-state index in [4.69, 9.17) is 14.2 Å². The Morgan fingerprint density at radius 3 is 2.67 bits per heavy atom. The summed E-state index contributed by atoms with van der Waals surface area (Å²) in [5.41, 5.74) is 1.56. The maximum absolute atomic E-state index is 12.1. The van der Waals surface area contributed by atoms with Crippen LogP contribution in [0.4, 0.5) is 5.69 Å². The number of amides is 1. The molecule has 1 aliphatic heterocycles. The van der Waals surface area contributed by atoms with E-state index in [1.165, 1.54) is 0 Å². The molecule has 24 heavy (non-hydrogen) atoms. The second-order valence-corrected chi connectivity index (χ2v) is 6.35. The highest BCUT2D eigenvalue weighted by atomic mass is 16.5. The normalized spacial score (nSPS) is 14.5. The quantitative estimate of drug-likeness (QED) is 0.914. The number of anilines is 1. The molecule has 1 aliphatic rings. The van der Waals surface area contributed by atoms with Gasteiger partial charge in [-0.05, 0) is 44.2 Å². The fourth-order valence-corrected chi connectivity index (χ4v) is 2.72. The molecule has 1 amide bonds. The first-order chi connectivity index (χ1) is 11.5. The predicted molar refractivity (Wildman–Crippen MR) is 92.0 cm³/mol. The summed E-state index contributed by atoms with van der Waals surface area (Å²) in [6.07, 6.45) is 0.831. The molecule has 5 nitrogen and oxygen atoms in total. The number of nitrogens with one attached hydrogen (secondary N) is 1. The van der Waals surface area contributed by atoms with Gasteiger partial charge < -0.3 is 19.5 Å². The van der Waals surface area contributed by atoms with Crippen molar-refractivity contribution in [1.29, 1.82) is 0 Å². The van der Waals surface area contributed by atoms with Crippen molar-refractivity contribution in [2.75, 3.05) is 19.0 Å². The average Bonchev–Trinajstić information content (AvgIpc) is 2.88. The van der Waals surface area contributed by atoms with E-state index in [1.807, 2.05) is 32.0 Å². The highest BCUT2D eigenvalue weighted by Gasteiger charge is 2.32. The van der Waals surface area contributed by atoms with Gasteiger partial charge in [0.2, 0.25) is 0 Å². The lowest BCUT2D eigenvalue weighted by Crippen LogP contribution is -2.25. The van der Waals surface area contributed by atoms with E-state index in [0.717, 1.165) is 23.5 Å². The number of benzene rings is 2. The van der Waals surface area contributed by atoms with Gasteiger partial charge in [-0.2, -0.15) is 0 Å². The van der Waals surface area contributed by atoms with Crippen molar-refractivity contribution in [3.63, 3.8) is 0 Å². The second kappa shape index (κ2) is 6.43. The van der Waals surface area contributed by atoms with Gasteiger partial charge in [-0.15, -0.1) is 0 Å². The summed E-state index contributed by atoms with van der Waals surface area (Å²) in [5.74, 6) is 1.85. The minimum absolute atomic E-state index is 0.0771. The zero-order valence-electron chi connectivity index (χ0n) is 14.1. The summed E-state index contributed by atoms with van der Waals surface area (Å²) in [5, 5.41) is 2.79. The molecule has 0 aromatic heterocycles. The van der Waals surface area contributed by atoms with Gasteiger partial charge in [0.25, 0.3) is 5.91 Å². The van der Waals surface area contributed by atoms with E-state index in [2.05, 4.69) is 5.32 Å². The Labute approximate surface area is 141 Å². The summed E-state index contributed by atoms with van der Waals surface area (Å²) in [7, 11) is 1.60. The molecule has 0 aliphatic carbocycles. The standard InChI is InChI=1S/C19H21NO4/c1-19(2)11-13-5-4-6-16(18(13)24-19)23-12-17(21)20-14-7-9-15(22-3)10-8-14/h4-10H,11-12H2,1-3H3,(H,20,21). The van der Waals surface area contributed by atoms with Gasteiger partial charge >= 0.3 is 0 Å². The lowest BCUT2D eigenvalue weighted by atomic mass is 10.0. The number of ether oxygens (including phenoxy) is 3. The van der Waals surface area contributed by atoms with E-state index in [9.17, 15) is 4.79 Å². The Kier molecular flexibility index (Phi) is 4.34. The van der Waals surface area contributed by atoms with E-state index >= 15 is 0 Å². The summed E-state index contributed by atoms with van der Waals surface area (Å²) >= 11 is 0. The van der Waals surface area contributed by atoms with Crippen LogP contribution in [0.3, 0.4) is 0 Å². The zero-order chi connectivity index (χ0) is 17.2. The maximum atomic E-state index is 12.1. The summed E-state index contributed by atoms with van der Waals surface area (Å²) in [6, 6.07) is 12.9. The van der Waals surface area contributed by atoms with E-state index in [1.54, 1.807) is 31.4 Å². The number of fused-ring (bicyclic) bond motifs is 1. The first kappa shape index (κ1) is 16.2. The first-order valence-electron chi connectivity index (χ1n) is 7.84. The Morgan fingerprint density at radius 2 is 1.96 bits per heavy atom. The molecular weight excluding hydrogens is 306 g/mol. The lowest BCUT2D eigenvalue weighted by Gasteiger charge is -2.18. The molecule has 0 spiro atoms. The second-order valence-electron chi connectivity index (χ2n) is 6.35. The number of carbonyl (C=O) groups excluding carboxylic acids is 1. The zero-order valence-corrected chi connectivity index (χ0v) is 14.1. The molecule has 5 heteroatoms. The molecule has 1 N–H and O–H groups in total. The van der Waals surface area contributed by atoms with Crippen LogP contribution in [0, 0.1) is 0 Å². The third-order valence-corrected chi connectivity index (χ3v) is 3.79. The third kappa shape index (κ3) is 3.62. The molecule has 3 rings (SSSR count). The van der Waals surface area contributed by atoms with Gasteiger partial charge in [0.05, 0.1) is 7.11 Å². The van der Waals surface area contributed by atoms with Gasteiger partial charge in [0.15, 0.2) is 18.1 Å². The van der Waals surface area contributed by atoms with Crippen LogP contribution in [-0.4, -0.2) is 25.2 Å². The van der Waals surface area contributed by atoms with E-state index < -0.39 is 0 Å². The number of methoxy groups -OCH3 is 1. The Hall–Kier alpha value is -2.69. The van der Waals surface area contributed by atoms with Crippen molar-refractivity contribution in [2.24, 2.45) is 0 Å². The molecule has 0 bridgehead atoms. The Bertz CT molecular complexity index is 738. The van der Waals surface area contributed by atoms with Crippen LogP contribution in [0.15, 0.2) is 42.5 Å². The molecule has 0 radical (unpaired) electrons. The number of hydrogen-bond acceptors (Lipinski definition) is 4. The highest BCUT2D eigenvalue weighted by molar-refractivity contribution is 5.91. The van der Waals surface area contributed by atoms with E-state index in [0.29, 0.717) is 11.4 Å². The molecule has 0 saturated heterocycles. The number of hydrogen-bond donors (Lipinski definition) is 1. The molecule has 2 aromatic rings. The molecule has 0 fully saturated rings. The molecule has 126 valence electrons. The summed E-state index contributed by atoms with van der Waals surface area (Å²) in [4.78, 5) is 12.1. The van der Waals surface area contributed by atoms with Crippen LogP contribution < -0.4 is 19.5 Å².